The first-order chi connectivity index (χ1) is 9.28. The number of hydrogen-bond acceptors (Lipinski definition) is 3. The van der Waals surface area contributed by atoms with Crippen LogP contribution in [0.3, 0.4) is 0 Å². The summed E-state index contributed by atoms with van der Waals surface area (Å²) in [6, 6.07) is 2.33. The van der Waals surface area contributed by atoms with Gasteiger partial charge < -0.3 is 5.73 Å². The minimum Gasteiger partial charge on any atom is -0.329 e. The first kappa shape index (κ1) is 15.4. The molecule has 0 bridgehead atoms. The Morgan fingerprint density at radius 3 is 2.25 bits per heavy atom. The standard InChI is InChI=1S/C14H21FN2O2S/c1-9-6-12(15)7-10(2)14(9)20(18,19)17(3)13(8-16)11-4-5-11/h6-7,11,13H,4-5,8,16H2,1-3H3. The van der Waals surface area contributed by atoms with Crippen molar-refractivity contribution in [3.05, 3.63) is 29.1 Å². The maximum absolute atomic E-state index is 13.3. The highest BCUT2D eigenvalue weighted by molar-refractivity contribution is 7.89. The Kier molecular flexibility index (Phi) is 4.18. The van der Waals surface area contributed by atoms with Gasteiger partial charge in [-0.05, 0) is 55.9 Å². The van der Waals surface area contributed by atoms with Crippen LogP contribution >= 0.6 is 0 Å². The van der Waals surface area contributed by atoms with Crippen molar-refractivity contribution in [3.63, 3.8) is 0 Å². The van der Waals surface area contributed by atoms with Crippen LogP contribution in [-0.4, -0.2) is 32.4 Å². The summed E-state index contributed by atoms with van der Waals surface area (Å²) in [5.74, 6) is -0.0694. The molecule has 1 aromatic carbocycles. The quantitative estimate of drug-likeness (QED) is 0.902. The van der Waals surface area contributed by atoms with E-state index in [1.165, 1.54) is 16.4 Å². The van der Waals surface area contributed by atoms with Crippen molar-refractivity contribution in [1.82, 2.24) is 4.31 Å². The number of hydrogen-bond donors (Lipinski definition) is 1. The molecule has 1 unspecified atom stereocenters. The van der Waals surface area contributed by atoms with Gasteiger partial charge in [-0.15, -0.1) is 0 Å². The third-order valence-electron chi connectivity index (χ3n) is 3.94. The number of halogens is 1. The maximum atomic E-state index is 13.3. The van der Waals surface area contributed by atoms with E-state index in [2.05, 4.69) is 0 Å². The van der Waals surface area contributed by atoms with E-state index in [4.69, 9.17) is 5.73 Å². The first-order valence-electron chi connectivity index (χ1n) is 6.74. The number of sulfonamides is 1. The number of nitrogens with zero attached hydrogens (tertiary/aromatic N) is 1. The Labute approximate surface area is 119 Å². The normalized spacial score (nSPS) is 17.5. The summed E-state index contributed by atoms with van der Waals surface area (Å²) in [7, 11) is -2.08. The fraction of sp³-hybridized carbons (Fsp3) is 0.571. The molecule has 4 nitrogen and oxygen atoms in total. The lowest BCUT2D eigenvalue weighted by molar-refractivity contribution is 0.340. The van der Waals surface area contributed by atoms with Crippen molar-refractivity contribution < 1.29 is 12.8 Å². The Balaban J connectivity index is 2.44. The smallest absolute Gasteiger partial charge is 0.243 e. The van der Waals surface area contributed by atoms with Crippen LogP contribution in [0.4, 0.5) is 4.39 Å². The van der Waals surface area contributed by atoms with Crippen LogP contribution in [0.5, 0.6) is 0 Å². The van der Waals surface area contributed by atoms with Gasteiger partial charge in [0.25, 0.3) is 0 Å². The summed E-state index contributed by atoms with van der Waals surface area (Å²) < 4.78 is 40.2. The molecule has 1 atom stereocenters. The van der Waals surface area contributed by atoms with Gasteiger partial charge >= 0.3 is 0 Å². The second kappa shape index (κ2) is 5.42. The van der Waals surface area contributed by atoms with Crippen LogP contribution in [-0.2, 0) is 10.0 Å². The van der Waals surface area contributed by atoms with Crippen LogP contribution in [0.2, 0.25) is 0 Å². The second-order valence-electron chi connectivity index (χ2n) is 5.53. The number of aryl methyl sites for hydroxylation is 2. The van der Waals surface area contributed by atoms with E-state index in [9.17, 15) is 12.8 Å². The molecular formula is C14H21FN2O2S. The highest BCUT2D eigenvalue weighted by Crippen LogP contribution is 2.37. The highest BCUT2D eigenvalue weighted by Gasteiger charge is 2.39. The summed E-state index contributed by atoms with van der Waals surface area (Å²) in [6.07, 6.45) is 2.03. The van der Waals surface area contributed by atoms with Crippen LogP contribution in [0, 0.1) is 25.6 Å². The van der Waals surface area contributed by atoms with Gasteiger partial charge in [0.2, 0.25) is 10.0 Å². The molecule has 1 fully saturated rings. The van der Waals surface area contributed by atoms with Gasteiger partial charge in [0, 0.05) is 19.6 Å². The van der Waals surface area contributed by atoms with E-state index in [1.54, 1.807) is 20.9 Å². The van der Waals surface area contributed by atoms with Crippen molar-refractivity contribution in [3.8, 4) is 0 Å². The second-order valence-corrected chi connectivity index (χ2v) is 7.46. The molecule has 1 aromatic rings. The molecule has 0 amide bonds. The summed E-state index contributed by atoms with van der Waals surface area (Å²) in [5.41, 5.74) is 6.59. The zero-order chi connectivity index (χ0) is 15.1. The summed E-state index contributed by atoms with van der Waals surface area (Å²) in [5, 5.41) is 0. The third kappa shape index (κ3) is 2.73. The van der Waals surface area contributed by atoms with Crippen LogP contribution in [0.15, 0.2) is 17.0 Å². The van der Waals surface area contributed by atoms with Crippen molar-refractivity contribution in [1.29, 1.82) is 0 Å². The van der Waals surface area contributed by atoms with E-state index in [-0.39, 0.29) is 10.9 Å². The van der Waals surface area contributed by atoms with E-state index >= 15 is 0 Å². The summed E-state index contributed by atoms with van der Waals surface area (Å²) >= 11 is 0. The molecule has 0 aliphatic heterocycles. The van der Waals surface area contributed by atoms with Gasteiger partial charge in [-0.2, -0.15) is 4.31 Å². The van der Waals surface area contributed by atoms with Crippen LogP contribution in [0.1, 0.15) is 24.0 Å². The molecule has 0 radical (unpaired) electrons. The zero-order valence-corrected chi connectivity index (χ0v) is 12.9. The zero-order valence-electron chi connectivity index (χ0n) is 12.1. The molecule has 2 rings (SSSR count). The van der Waals surface area contributed by atoms with E-state index in [0.29, 0.717) is 23.6 Å². The Bertz CT molecular complexity index is 589. The molecule has 1 aliphatic rings. The van der Waals surface area contributed by atoms with Gasteiger partial charge in [-0.25, -0.2) is 12.8 Å². The van der Waals surface area contributed by atoms with Crippen molar-refractivity contribution in [2.24, 2.45) is 11.7 Å². The van der Waals surface area contributed by atoms with Crippen molar-refractivity contribution in [2.75, 3.05) is 13.6 Å². The predicted octanol–water partition coefficient (Wildman–Crippen LogP) is 1.80. The topological polar surface area (TPSA) is 63.4 Å². The SMILES string of the molecule is Cc1cc(F)cc(C)c1S(=O)(=O)N(C)C(CN)C1CC1. The molecule has 1 saturated carbocycles. The Hall–Kier alpha value is -0.980. The molecule has 0 spiro atoms. The fourth-order valence-corrected chi connectivity index (χ4v) is 4.58. The lowest BCUT2D eigenvalue weighted by Gasteiger charge is -2.27. The maximum Gasteiger partial charge on any atom is 0.243 e. The number of nitrogens with two attached hydrogens (primary N) is 1. The highest BCUT2D eigenvalue weighted by atomic mass is 32.2. The molecule has 0 saturated heterocycles. The van der Waals surface area contributed by atoms with Gasteiger partial charge in [0.05, 0.1) is 4.90 Å². The average Bonchev–Trinajstić information content (AvgIpc) is 3.12. The van der Waals surface area contributed by atoms with Crippen molar-refractivity contribution in [2.45, 2.75) is 37.6 Å². The lowest BCUT2D eigenvalue weighted by Crippen LogP contribution is -2.43. The minimum atomic E-state index is -3.65. The van der Waals surface area contributed by atoms with Crippen LogP contribution < -0.4 is 5.73 Å². The molecular weight excluding hydrogens is 279 g/mol. The molecule has 2 N–H and O–H groups in total. The van der Waals surface area contributed by atoms with Crippen molar-refractivity contribution >= 4 is 10.0 Å². The number of rotatable bonds is 5. The molecule has 1 aliphatic carbocycles. The predicted molar refractivity (Wildman–Crippen MR) is 76.4 cm³/mol. The Morgan fingerprint density at radius 2 is 1.85 bits per heavy atom. The summed E-state index contributed by atoms with van der Waals surface area (Å²) in [4.78, 5) is 0.195. The molecule has 112 valence electrons. The van der Waals surface area contributed by atoms with Gasteiger partial charge in [0.1, 0.15) is 5.82 Å². The van der Waals surface area contributed by atoms with Crippen LogP contribution in [0.25, 0.3) is 0 Å². The van der Waals surface area contributed by atoms with E-state index < -0.39 is 15.8 Å². The van der Waals surface area contributed by atoms with Gasteiger partial charge in [-0.3, -0.25) is 0 Å². The monoisotopic (exact) mass is 300 g/mol. The largest absolute Gasteiger partial charge is 0.329 e. The number of benzene rings is 1. The number of likely N-dealkylation sites (N-methyl/N-ethyl adjacent to an activating group) is 1. The summed E-state index contributed by atoms with van der Waals surface area (Å²) in [6.45, 7) is 3.54. The van der Waals surface area contributed by atoms with E-state index in [1.807, 2.05) is 0 Å². The third-order valence-corrected chi connectivity index (χ3v) is 6.13. The van der Waals surface area contributed by atoms with E-state index in [0.717, 1.165) is 12.8 Å². The lowest BCUT2D eigenvalue weighted by atomic mass is 10.1. The van der Waals surface area contributed by atoms with Gasteiger partial charge in [-0.1, -0.05) is 0 Å². The average molecular weight is 300 g/mol. The van der Waals surface area contributed by atoms with Gasteiger partial charge in [0.15, 0.2) is 0 Å². The Morgan fingerprint density at radius 1 is 1.35 bits per heavy atom. The molecule has 0 heterocycles. The fourth-order valence-electron chi connectivity index (χ4n) is 2.75. The molecule has 6 heteroatoms. The molecule has 20 heavy (non-hydrogen) atoms. The molecule has 0 aromatic heterocycles. The first-order valence-corrected chi connectivity index (χ1v) is 8.18. The minimum absolute atomic E-state index is 0.177.